The third-order valence-corrected chi connectivity index (χ3v) is 2.19. The van der Waals surface area contributed by atoms with Crippen molar-refractivity contribution in [2.45, 2.75) is 13.3 Å². The van der Waals surface area contributed by atoms with Gasteiger partial charge in [-0.2, -0.15) is 0 Å². The van der Waals surface area contributed by atoms with Crippen molar-refractivity contribution in [1.82, 2.24) is 5.32 Å². The number of carboxylic acid groups (broad SMARTS) is 1. The molecule has 0 aliphatic rings. The zero-order valence-electron chi connectivity index (χ0n) is 9.94. The molecule has 96 valence electrons. The molecular formula is C13H14FNO3. The molecule has 0 radical (unpaired) electrons. The molecule has 0 spiro atoms. The highest BCUT2D eigenvalue weighted by molar-refractivity contribution is 5.73. The summed E-state index contributed by atoms with van der Waals surface area (Å²) < 4.78 is 13.6. The standard InChI is InChI=1S/C13H14FNO3/c1-9(16)15-6-2-3-11-5-4-10(7-12(11)14)8-13(17)18/h2-5,7H,6,8H2,1H3,(H,15,16)(H,17,18). The van der Waals surface area contributed by atoms with Crippen molar-refractivity contribution in [2.75, 3.05) is 6.54 Å². The SMILES string of the molecule is CC(=O)NCC=Cc1ccc(CC(=O)O)cc1F. The topological polar surface area (TPSA) is 66.4 Å². The normalized spacial score (nSPS) is 10.6. The van der Waals surface area contributed by atoms with E-state index >= 15 is 0 Å². The lowest BCUT2D eigenvalue weighted by molar-refractivity contribution is -0.136. The minimum Gasteiger partial charge on any atom is -0.481 e. The third-order valence-electron chi connectivity index (χ3n) is 2.19. The first kappa shape index (κ1) is 13.9. The zero-order valence-corrected chi connectivity index (χ0v) is 9.94. The Hall–Kier alpha value is -2.17. The van der Waals surface area contributed by atoms with Crippen molar-refractivity contribution in [3.05, 3.63) is 41.2 Å². The molecule has 4 nitrogen and oxygen atoms in total. The summed E-state index contributed by atoms with van der Waals surface area (Å²) in [6.45, 7) is 1.72. The number of hydrogen-bond acceptors (Lipinski definition) is 2. The maximum Gasteiger partial charge on any atom is 0.307 e. The third kappa shape index (κ3) is 4.78. The molecule has 1 amide bonds. The molecule has 0 saturated heterocycles. The summed E-state index contributed by atoms with van der Waals surface area (Å²) in [4.78, 5) is 21.1. The highest BCUT2D eigenvalue weighted by Gasteiger charge is 2.04. The maximum atomic E-state index is 13.6. The molecule has 0 unspecified atom stereocenters. The summed E-state index contributed by atoms with van der Waals surface area (Å²) in [5.41, 5.74) is 0.772. The summed E-state index contributed by atoms with van der Waals surface area (Å²) in [6.07, 6.45) is 2.96. The summed E-state index contributed by atoms with van der Waals surface area (Å²) in [5.74, 6) is -1.63. The predicted molar refractivity (Wildman–Crippen MR) is 65.5 cm³/mol. The summed E-state index contributed by atoms with van der Waals surface area (Å²) >= 11 is 0. The molecule has 0 aliphatic heterocycles. The van der Waals surface area contributed by atoms with E-state index in [4.69, 9.17) is 5.11 Å². The van der Waals surface area contributed by atoms with Gasteiger partial charge in [0.1, 0.15) is 5.82 Å². The molecule has 1 aromatic carbocycles. The van der Waals surface area contributed by atoms with Crippen molar-refractivity contribution in [1.29, 1.82) is 0 Å². The number of nitrogens with one attached hydrogen (secondary N) is 1. The highest BCUT2D eigenvalue weighted by atomic mass is 19.1. The van der Waals surface area contributed by atoms with Crippen molar-refractivity contribution >= 4 is 18.0 Å². The molecule has 0 fully saturated rings. The molecule has 1 aromatic rings. The fourth-order valence-electron chi connectivity index (χ4n) is 1.38. The van der Waals surface area contributed by atoms with Gasteiger partial charge < -0.3 is 10.4 Å². The van der Waals surface area contributed by atoms with Crippen LogP contribution in [0, 0.1) is 5.82 Å². The molecule has 1 rings (SSSR count). The van der Waals surface area contributed by atoms with E-state index in [0.29, 0.717) is 17.7 Å². The van der Waals surface area contributed by atoms with E-state index < -0.39 is 11.8 Å². The van der Waals surface area contributed by atoms with Gasteiger partial charge in [0.2, 0.25) is 5.91 Å². The molecule has 0 aliphatic carbocycles. The second kappa shape index (κ2) is 6.54. The number of carbonyl (C=O) groups excluding carboxylic acids is 1. The average Bonchev–Trinajstić information content (AvgIpc) is 2.25. The second-order valence-corrected chi connectivity index (χ2v) is 3.77. The second-order valence-electron chi connectivity index (χ2n) is 3.77. The van der Waals surface area contributed by atoms with E-state index in [-0.39, 0.29) is 12.3 Å². The van der Waals surface area contributed by atoms with E-state index in [2.05, 4.69) is 5.32 Å². The van der Waals surface area contributed by atoms with Gasteiger partial charge in [0.25, 0.3) is 0 Å². The van der Waals surface area contributed by atoms with Crippen LogP contribution in [0.2, 0.25) is 0 Å². The number of carboxylic acids is 1. The molecule has 0 heterocycles. The minimum absolute atomic E-state index is 0.156. The first-order chi connectivity index (χ1) is 8.49. The van der Waals surface area contributed by atoms with Crippen molar-refractivity contribution < 1.29 is 19.1 Å². The van der Waals surface area contributed by atoms with Gasteiger partial charge >= 0.3 is 5.97 Å². The number of benzene rings is 1. The Labute approximate surface area is 104 Å². The van der Waals surface area contributed by atoms with E-state index in [0.717, 1.165) is 0 Å². The Bertz CT molecular complexity index is 483. The highest BCUT2D eigenvalue weighted by Crippen LogP contribution is 2.12. The van der Waals surface area contributed by atoms with Gasteiger partial charge in [0.15, 0.2) is 0 Å². The summed E-state index contributed by atoms with van der Waals surface area (Å²) in [5, 5.41) is 11.1. The number of aliphatic carboxylic acids is 1. The number of halogens is 1. The van der Waals surface area contributed by atoms with Gasteiger partial charge in [-0.05, 0) is 11.6 Å². The monoisotopic (exact) mass is 251 g/mol. The van der Waals surface area contributed by atoms with Gasteiger partial charge in [-0.15, -0.1) is 0 Å². The van der Waals surface area contributed by atoms with Crippen molar-refractivity contribution in [3.63, 3.8) is 0 Å². The molecule has 18 heavy (non-hydrogen) atoms. The van der Waals surface area contributed by atoms with Crippen molar-refractivity contribution in [2.24, 2.45) is 0 Å². The lowest BCUT2D eigenvalue weighted by atomic mass is 10.1. The fraction of sp³-hybridized carbons (Fsp3) is 0.231. The van der Waals surface area contributed by atoms with Gasteiger partial charge in [-0.1, -0.05) is 24.3 Å². The number of amides is 1. The number of hydrogen-bond donors (Lipinski definition) is 2. The van der Waals surface area contributed by atoms with Gasteiger partial charge in [0.05, 0.1) is 6.42 Å². The van der Waals surface area contributed by atoms with Crippen LogP contribution in [0.25, 0.3) is 6.08 Å². The first-order valence-electron chi connectivity index (χ1n) is 5.40. The largest absolute Gasteiger partial charge is 0.481 e. The molecule has 0 atom stereocenters. The number of carbonyl (C=O) groups is 2. The Morgan fingerprint density at radius 3 is 2.72 bits per heavy atom. The molecule has 0 aromatic heterocycles. The van der Waals surface area contributed by atoms with Crippen LogP contribution >= 0.6 is 0 Å². The smallest absolute Gasteiger partial charge is 0.307 e. The van der Waals surface area contributed by atoms with E-state index in [1.54, 1.807) is 12.1 Å². The Morgan fingerprint density at radius 1 is 1.44 bits per heavy atom. The minimum atomic E-state index is -0.997. The van der Waals surface area contributed by atoms with Gasteiger partial charge in [0, 0.05) is 19.0 Å². The number of rotatable bonds is 5. The van der Waals surface area contributed by atoms with Crippen LogP contribution in [0.4, 0.5) is 4.39 Å². The predicted octanol–water partition coefficient (Wildman–Crippen LogP) is 1.60. The van der Waals surface area contributed by atoms with E-state index in [1.165, 1.54) is 25.1 Å². The summed E-state index contributed by atoms with van der Waals surface area (Å²) in [6, 6.07) is 4.28. The van der Waals surface area contributed by atoms with Gasteiger partial charge in [-0.3, -0.25) is 9.59 Å². The molecule has 0 bridgehead atoms. The quantitative estimate of drug-likeness (QED) is 0.835. The molecule has 2 N–H and O–H groups in total. The lowest BCUT2D eigenvalue weighted by Gasteiger charge is -2.01. The Morgan fingerprint density at radius 2 is 2.17 bits per heavy atom. The lowest BCUT2D eigenvalue weighted by Crippen LogP contribution is -2.19. The average molecular weight is 251 g/mol. The first-order valence-corrected chi connectivity index (χ1v) is 5.40. The van der Waals surface area contributed by atoms with Crippen molar-refractivity contribution in [3.8, 4) is 0 Å². The zero-order chi connectivity index (χ0) is 13.5. The Kier molecular flexibility index (Phi) is 5.05. The van der Waals surface area contributed by atoms with Crippen LogP contribution in [-0.2, 0) is 16.0 Å². The summed E-state index contributed by atoms with van der Waals surface area (Å²) in [7, 11) is 0. The molecular weight excluding hydrogens is 237 g/mol. The Balaban J connectivity index is 2.67. The van der Waals surface area contributed by atoms with Gasteiger partial charge in [-0.25, -0.2) is 4.39 Å². The van der Waals surface area contributed by atoms with E-state index in [1.807, 2.05) is 0 Å². The van der Waals surface area contributed by atoms with Crippen LogP contribution in [0.15, 0.2) is 24.3 Å². The van der Waals surface area contributed by atoms with Crippen LogP contribution in [0.1, 0.15) is 18.1 Å². The van der Waals surface area contributed by atoms with E-state index in [9.17, 15) is 14.0 Å². The van der Waals surface area contributed by atoms with Crippen LogP contribution in [0.3, 0.4) is 0 Å². The molecule has 5 heteroatoms. The van der Waals surface area contributed by atoms with Crippen LogP contribution in [-0.4, -0.2) is 23.5 Å². The molecule has 0 saturated carbocycles. The fourth-order valence-corrected chi connectivity index (χ4v) is 1.38. The maximum absolute atomic E-state index is 13.6. The van der Waals surface area contributed by atoms with Crippen LogP contribution in [0.5, 0.6) is 0 Å². The van der Waals surface area contributed by atoms with Crippen LogP contribution < -0.4 is 5.32 Å².